The van der Waals surface area contributed by atoms with Gasteiger partial charge in [0.15, 0.2) is 6.29 Å². The summed E-state index contributed by atoms with van der Waals surface area (Å²) in [6.45, 7) is 1.36. The van der Waals surface area contributed by atoms with Crippen LogP contribution in [-0.2, 0) is 9.59 Å². The van der Waals surface area contributed by atoms with Crippen molar-refractivity contribution in [3.63, 3.8) is 0 Å². The SMILES string of the molecule is C[C@H](C(=O)C=O)N1C(=O)c2ccccc2C1=O. The summed E-state index contributed by atoms with van der Waals surface area (Å²) < 4.78 is 0. The van der Waals surface area contributed by atoms with Gasteiger partial charge < -0.3 is 0 Å². The Hall–Kier alpha value is -2.30. The van der Waals surface area contributed by atoms with Crippen molar-refractivity contribution in [3.05, 3.63) is 35.4 Å². The summed E-state index contributed by atoms with van der Waals surface area (Å²) in [4.78, 5) is 46.2. The van der Waals surface area contributed by atoms with Crippen LogP contribution in [0.25, 0.3) is 0 Å². The summed E-state index contributed by atoms with van der Waals surface area (Å²) in [7, 11) is 0. The van der Waals surface area contributed by atoms with Gasteiger partial charge in [0, 0.05) is 0 Å². The first-order valence-corrected chi connectivity index (χ1v) is 5.04. The molecule has 1 aromatic carbocycles. The van der Waals surface area contributed by atoms with E-state index in [0.717, 1.165) is 4.90 Å². The Labute approximate surface area is 97.0 Å². The Morgan fingerprint density at radius 3 is 2.06 bits per heavy atom. The molecule has 1 aliphatic heterocycles. The Balaban J connectivity index is 2.43. The van der Waals surface area contributed by atoms with Crippen LogP contribution in [-0.4, -0.2) is 34.8 Å². The molecule has 2 rings (SSSR count). The predicted molar refractivity (Wildman–Crippen MR) is 57.5 cm³/mol. The largest absolute Gasteiger partial charge is 0.295 e. The van der Waals surface area contributed by atoms with Crippen LogP contribution < -0.4 is 0 Å². The molecule has 86 valence electrons. The van der Waals surface area contributed by atoms with Crippen molar-refractivity contribution in [1.29, 1.82) is 0 Å². The van der Waals surface area contributed by atoms with Gasteiger partial charge in [-0.25, -0.2) is 0 Å². The first-order chi connectivity index (χ1) is 8.07. The average molecular weight is 231 g/mol. The number of ketones is 1. The molecule has 0 aromatic heterocycles. The Morgan fingerprint density at radius 1 is 1.18 bits per heavy atom. The number of imide groups is 1. The van der Waals surface area contributed by atoms with E-state index in [1.54, 1.807) is 12.1 Å². The predicted octanol–water partition coefficient (Wildman–Crippen LogP) is 0.439. The lowest BCUT2D eigenvalue weighted by molar-refractivity contribution is -0.132. The number of Topliss-reactive ketones (excluding diaryl/α,β-unsaturated/α-hetero) is 1. The van der Waals surface area contributed by atoms with Gasteiger partial charge in [-0.05, 0) is 19.1 Å². The van der Waals surface area contributed by atoms with E-state index in [1.807, 2.05) is 0 Å². The molecule has 0 unspecified atom stereocenters. The van der Waals surface area contributed by atoms with E-state index in [0.29, 0.717) is 0 Å². The third-order valence-corrected chi connectivity index (χ3v) is 2.74. The van der Waals surface area contributed by atoms with Crippen LogP contribution in [0.2, 0.25) is 0 Å². The number of carbonyl (C=O) groups is 4. The van der Waals surface area contributed by atoms with Gasteiger partial charge in [0.2, 0.25) is 5.78 Å². The monoisotopic (exact) mass is 231 g/mol. The second-order valence-corrected chi connectivity index (χ2v) is 3.72. The molecule has 5 nitrogen and oxygen atoms in total. The molecule has 0 fully saturated rings. The normalized spacial score (nSPS) is 15.7. The molecule has 1 aliphatic rings. The number of hydrogen-bond acceptors (Lipinski definition) is 4. The summed E-state index contributed by atoms with van der Waals surface area (Å²) in [6, 6.07) is 5.26. The number of nitrogens with zero attached hydrogens (tertiary/aromatic N) is 1. The fourth-order valence-electron chi connectivity index (χ4n) is 1.79. The van der Waals surface area contributed by atoms with E-state index in [1.165, 1.54) is 19.1 Å². The molecule has 0 radical (unpaired) electrons. The number of benzene rings is 1. The summed E-state index contributed by atoms with van der Waals surface area (Å²) in [5, 5.41) is 0. The molecule has 0 saturated carbocycles. The maximum absolute atomic E-state index is 11.9. The number of aldehydes is 1. The number of rotatable bonds is 3. The quantitative estimate of drug-likeness (QED) is 0.430. The van der Waals surface area contributed by atoms with Crippen LogP contribution in [0.3, 0.4) is 0 Å². The minimum Gasteiger partial charge on any atom is -0.295 e. The van der Waals surface area contributed by atoms with Crippen LogP contribution >= 0.6 is 0 Å². The molecular formula is C12H9NO4. The Kier molecular flexibility index (Phi) is 2.59. The average Bonchev–Trinajstić information content (AvgIpc) is 2.61. The molecule has 0 bridgehead atoms. The molecule has 2 amide bonds. The summed E-state index contributed by atoms with van der Waals surface area (Å²) in [6.07, 6.45) is 0.119. The van der Waals surface area contributed by atoms with Gasteiger partial charge in [-0.3, -0.25) is 24.1 Å². The zero-order valence-electron chi connectivity index (χ0n) is 9.04. The molecule has 0 saturated heterocycles. The molecule has 1 aromatic rings. The van der Waals surface area contributed by atoms with Crippen molar-refractivity contribution in [2.75, 3.05) is 0 Å². The summed E-state index contributed by atoms with van der Waals surface area (Å²) in [5.74, 6) is -1.86. The van der Waals surface area contributed by atoms with E-state index in [2.05, 4.69) is 0 Å². The molecule has 0 spiro atoms. The topological polar surface area (TPSA) is 71.5 Å². The van der Waals surface area contributed by atoms with Crippen LogP contribution in [0.1, 0.15) is 27.6 Å². The standard InChI is InChI=1S/C12H9NO4/c1-7(10(15)6-14)13-11(16)8-4-2-3-5-9(8)12(13)17/h2-7H,1H3/t7-/m1/s1. The zero-order valence-corrected chi connectivity index (χ0v) is 9.04. The summed E-state index contributed by atoms with van der Waals surface area (Å²) in [5.41, 5.74) is 0.533. The fraction of sp³-hybridized carbons (Fsp3) is 0.167. The van der Waals surface area contributed by atoms with E-state index in [-0.39, 0.29) is 17.4 Å². The third-order valence-electron chi connectivity index (χ3n) is 2.74. The number of carbonyl (C=O) groups excluding carboxylic acids is 4. The second kappa shape index (κ2) is 3.93. The van der Waals surface area contributed by atoms with Crippen molar-refractivity contribution in [1.82, 2.24) is 4.90 Å². The fourth-order valence-corrected chi connectivity index (χ4v) is 1.79. The maximum Gasteiger partial charge on any atom is 0.262 e. The van der Waals surface area contributed by atoms with Crippen LogP contribution in [0, 0.1) is 0 Å². The van der Waals surface area contributed by atoms with E-state index >= 15 is 0 Å². The smallest absolute Gasteiger partial charge is 0.262 e. The molecule has 1 heterocycles. The molecular weight excluding hydrogens is 222 g/mol. The van der Waals surface area contributed by atoms with Crippen molar-refractivity contribution >= 4 is 23.9 Å². The molecule has 0 N–H and O–H groups in total. The first kappa shape index (κ1) is 11.2. The minimum absolute atomic E-state index is 0.119. The van der Waals surface area contributed by atoms with Crippen molar-refractivity contribution in [3.8, 4) is 0 Å². The van der Waals surface area contributed by atoms with Crippen LogP contribution in [0.15, 0.2) is 24.3 Å². The van der Waals surface area contributed by atoms with Gasteiger partial charge >= 0.3 is 0 Å². The lowest BCUT2D eigenvalue weighted by Crippen LogP contribution is -2.43. The van der Waals surface area contributed by atoms with Gasteiger partial charge in [0.05, 0.1) is 11.1 Å². The lowest BCUT2D eigenvalue weighted by atomic mass is 10.1. The highest BCUT2D eigenvalue weighted by molar-refractivity contribution is 6.31. The second-order valence-electron chi connectivity index (χ2n) is 3.72. The number of amides is 2. The van der Waals surface area contributed by atoms with Crippen LogP contribution in [0.5, 0.6) is 0 Å². The Morgan fingerprint density at radius 2 is 1.65 bits per heavy atom. The van der Waals surface area contributed by atoms with Crippen molar-refractivity contribution in [2.45, 2.75) is 13.0 Å². The minimum atomic E-state index is -1.06. The van der Waals surface area contributed by atoms with E-state index in [9.17, 15) is 19.2 Å². The number of fused-ring (bicyclic) bond motifs is 1. The maximum atomic E-state index is 11.9. The lowest BCUT2D eigenvalue weighted by Gasteiger charge is -2.18. The van der Waals surface area contributed by atoms with E-state index < -0.39 is 23.6 Å². The van der Waals surface area contributed by atoms with Gasteiger partial charge in [0.25, 0.3) is 11.8 Å². The first-order valence-electron chi connectivity index (χ1n) is 5.04. The zero-order chi connectivity index (χ0) is 12.6. The van der Waals surface area contributed by atoms with Gasteiger partial charge in [-0.2, -0.15) is 0 Å². The highest BCUT2D eigenvalue weighted by atomic mass is 16.2. The Bertz CT molecular complexity index is 500. The van der Waals surface area contributed by atoms with Crippen LogP contribution in [0.4, 0.5) is 0 Å². The number of hydrogen-bond donors (Lipinski definition) is 0. The third kappa shape index (κ3) is 1.56. The summed E-state index contributed by atoms with van der Waals surface area (Å²) >= 11 is 0. The molecule has 0 aliphatic carbocycles. The highest BCUT2D eigenvalue weighted by Crippen LogP contribution is 2.24. The van der Waals surface area contributed by atoms with Crippen molar-refractivity contribution in [2.24, 2.45) is 0 Å². The van der Waals surface area contributed by atoms with E-state index in [4.69, 9.17) is 0 Å². The molecule has 5 heteroatoms. The van der Waals surface area contributed by atoms with Crippen molar-refractivity contribution < 1.29 is 19.2 Å². The highest BCUT2D eigenvalue weighted by Gasteiger charge is 2.40. The molecule has 17 heavy (non-hydrogen) atoms. The van der Waals surface area contributed by atoms with Gasteiger partial charge in [-0.1, -0.05) is 12.1 Å². The van der Waals surface area contributed by atoms with Gasteiger partial charge in [0.1, 0.15) is 6.04 Å². The molecule has 1 atom stereocenters. The van der Waals surface area contributed by atoms with Gasteiger partial charge in [-0.15, -0.1) is 0 Å².